The molecule has 3 N–H and O–H groups in total. The Morgan fingerprint density at radius 3 is 2.76 bits per heavy atom. The molecule has 10 nitrogen and oxygen atoms in total. The van der Waals surface area contributed by atoms with Crippen molar-refractivity contribution in [1.29, 1.82) is 0 Å². The Bertz CT molecular complexity index is 1460. The lowest BCUT2D eigenvalue weighted by molar-refractivity contribution is -0.384. The van der Waals surface area contributed by atoms with Gasteiger partial charge in [0.25, 0.3) is 5.69 Å². The number of ether oxygens (including phenoxy) is 2. The van der Waals surface area contributed by atoms with Crippen LogP contribution in [-0.4, -0.2) is 54.3 Å². The molecule has 2 aliphatic rings. The highest BCUT2D eigenvalue weighted by Gasteiger charge is 2.25. The second kappa shape index (κ2) is 13.6. The fourth-order valence-electron chi connectivity index (χ4n) is 5.01. The van der Waals surface area contributed by atoms with Crippen molar-refractivity contribution in [3.63, 3.8) is 0 Å². The van der Waals surface area contributed by atoms with E-state index in [2.05, 4.69) is 32.0 Å². The van der Waals surface area contributed by atoms with Gasteiger partial charge < -0.3 is 25.4 Å². The molecule has 0 spiro atoms. The van der Waals surface area contributed by atoms with Crippen LogP contribution in [-0.2, 0) is 4.74 Å². The standard InChI is InChI=1S/C29H31FN6O4.ClH/c1-39-25-6-2-5-22(30)28(25)29-23(36(37)38)9-10-26(34-29)33-27-16-24(35-13-3-4-21(31)18-35)20(17-32-27)8-7-19-11-14-40-15-12-19;/h2,5-6,9-10,16-17,19,21H,3-4,11-15,18,31H2,1H3,(H,32,33,34);1H/t21-;/m0./s1. The van der Waals surface area contributed by atoms with Gasteiger partial charge >= 0.3 is 0 Å². The minimum Gasteiger partial charge on any atom is -0.496 e. The molecule has 12 heteroatoms. The summed E-state index contributed by atoms with van der Waals surface area (Å²) in [6.07, 6.45) is 5.47. The van der Waals surface area contributed by atoms with Gasteiger partial charge in [0.2, 0.25) is 0 Å². The highest BCUT2D eigenvalue weighted by molar-refractivity contribution is 5.85. The number of methoxy groups -OCH3 is 1. The summed E-state index contributed by atoms with van der Waals surface area (Å²) in [5, 5.41) is 14.9. The van der Waals surface area contributed by atoms with Gasteiger partial charge in [-0.25, -0.2) is 14.4 Å². The Balaban J connectivity index is 0.00000387. The molecule has 2 aromatic heterocycles. The third-order valence-corrected chi connectivity index (χ3v) is 7.07. The van der Waals surface area contributed by atoms with Gasteiger partial charge in [-0.05, 0) is 43.9 Å². The van der Waals surface area contributed by atoms with Crippen LogP contribution in [0.2, 0.25) is 0 Å². The Labute approximate surface area is 244 Å². The van der Waals surface area contributed by atoms with Crippen molar-refractivity contribution in [2.24, 2.45) is 11.7 Å². The smallest absolute Gasteiger partial charge is 0.295 e. The molecule has 2 fully saturated rings. The third kappa shape index (κ3) is 7.03. The topological polar surface area (TPSA) is 129 Å². The second-order valence-electron chi connectivity index (χ2n) is 9.85. The van der Waals surface area contributed by atoms with Gasteiger partial charge in [-0.1, -0.05) is 17.9 Å². The van der Waals surface area contributed by atoms with Gasteiger partial charge in [0.15, 0.2) is 5.69 Å². The Morgan fingerprint density at radius 2 is 2.02 bits per heavy atom. The molecule has 0 amide bonds. The van der Waals surface area contributed by atoms with E-state index in [0.29, 0.717) is 12.4 Å². The van der Waals surface area contributed by atoms with Crippen molar-refractivity contribution in [1.82, 2.24) is 9.97 Å². The molecule has 3 aromatic rings. The molecule has 0 aliphatic carbocycles. The van der Waals surface area contributed by atoms with Crippen LogP contribution < -0.4 is 20.7 Å². The molecule has 41 heavy (non-hydrogen) atoms. The van der Waals surface area contributed by atoms with Gasteiger partial charge in [-0.2, -0.15) is 0 Å². The van der Waals surface area contributed by atoms with Crippen molar-refractivity contribution < 1.29 is 18.8 Å². The zero-order valence-electron chi connectivity index (χ0n) is 22.6. The number of hydrogen-bond donors (Lipinski definition) is 2. The molecule has 0 saturated carbocycles. The van der Waals surface area contributed by atoms with E-state index in [1.54, 1.807) is 6.20 Å². The van der Waals surface area contributed by atoms with E-state index in [1.165, 1.54) is 37.4 Å². The summed E-state index contributed by atoms with van der Waals surface area (Å²) in [4.78, 5) is 22.4. The number of nitro groups is 1. The quantitative estimate of drug-likeness (QED) is 0.232. The number of anilines is 3. The molecule has 4 heterocycles. The molecule has 216 valence electrons. The summed E-state index contributed by atoms with van der Waals surface area (Å²) in [6.45, 7) is 2.98. The fourth-order valence-corrected chi connectivity index (χ4v) is 5.01. The van der Waals surface area contributed by atoms with E-state index in [1.807, 2.05) is 6.07 Å². The van der Waals surface area contributed by atoms with Crippen LogP contribution in [0.25, 0.3) is 11.3 Å². The molecule has 2 aliphatic heterocycles. The fraction of sp³-hybridized carbons (Fsp3) is 0.379. The highest BCUT2D eigenvalue weighted by Crippen LogP contribution is 2.38. The molecule has 0 radical (unpaired) electrons. The number of hydrogen-bond acceptors (Lipinski definition) is 9. The number of piperidine rings is 1. The highest BCUT2D eigenvalue weighted by atomic mass is 35.5. The lowest BCUT2D eigenvalue weighted by Gasteiger charge is -2.33. The predicted octanol–water partition coefficient (Wildman–Crippen LogP) is 5.07. The van der Waals surface area contributed by atoms with E-state index in [-0.39, 0.29) is 52.9 Å². The summed E-state index contributed by atoms with van der Waals surface area (Å²) in [5.41, 5.74) is 7.42. The maximum atomic E-state index is 14.9. The third-order valence-electron chi connectivity index (χ3n) is 7.07. The molecular formula is C29H32ClFN6O4. The summed E-state index contributed by atoms with van der Waals surface area (Å²) < 4.78 is 25.6. The van der Waals surface area contributed by atoms with Crippen LogP contribution in [0, 0.1) is 33.7 Å². The van der Waals surface area contributed by atoms with Crippen LogP contribution in [0.1, 0.15) is 31.2 Å². The molecule has 5 rings (SSSR count). The van der Waals surface area contributed by atoms with E-state index in [0.717, 1.165) is 56.7 Å². The Morgan fingerprint density at radius 1 is 1.22 bits per heavy atom. The van der Waals surface area contributed by atoms with Crippen molar-refractivity contribution in [3.8, 4) is 28.8 Å². The number of nitrogens with two attached hydrogens (primary N) is 1. The summed E-state index contributed by atoms with van der Waals surface area (Å²) in [7, 11) is 1.37. The van der Waals surface area contributed by atoms with Crippen LogP contribution >= 0.6 is 12.4 Å². The van der Waals surface area contributed by atoms with Crippen LogP contribution in [0.15, 0.2) is 42.6 Å². The predicted molar refractivity (Wildman–Crippen MR) is 157 cm³/mol. The number of aromatic nitrogens is 2. The summed E-state index contributed by atoms with van der Waals surface area (Å²) in [5.74, 6) is 7.19. The number of rotatable bonds is 6. The molecule has 1 aromatic carbocycles. The summed E-state index contributed by atoms with van der Waals surface area (Å²) >= 11 is 0. The zero-order chi connectivity index (χ0) is 28.1. The van der Waals surface area contributed by atoms with Gasteiger partial charge in [0.1, 0.15) is 23.2 Å². The Kier molecular flexibility index (Phi) is 9.94. The maximum Gasteiger partial charge on any atom is 0.295 e. The van der Waals surface area contributed by atoms with E-state index in [4.69, 9.17) is 15.2 Å². The largest absolute Gasteiger partial charge is 0.496 e. The zero-order valence-corrected chi connectivity index (χ0v) is 23.5. The minimum absolute atomic E-state index is 0. The molecule has 1 atom stereocenters. The number of benzene rings is 1. The number of nitrogens with one attached hydrogen (secondary N) is 1. The van der Waals surface area contributed by atoms with E-state index >= 15 is 0 Å². The molecule has 0 bridgehead atoms. The van der Waals surface area contributed by atoms with Crippen molar-refractivity contribution >= 4 is 35.4 Å². The lowest BCUT2D eigenvalue weighted by Crippen LogP contribution is -2.43. The van der Waals surface area contributed by atoms with Gasteiger partial charge in [0, 0.05) is 56.6 Å². The first-order valence-corrected chi connectivity index (χ1v) is 13.3. The van der Waals surface area contributed by atoms with Crippen LogP contribution in [0.3, 0.4) is 0 Å². The average molecular weight is 583 g/mol. The monoisotopic (exact) mass is 582 g/mol. The molecule has 2 saturated heterocycles. The van der Waals surface area contributed by atoms with Crippen LogP contribution in [0.5, 0.6) is 5.75 Å². The van der Waals surface area contributed by atoms with Crippen molar-refractivity contribution in [2.45, 2.75) is 31.7 Å². The van der Waals surface area contributed by atoms with Crippen molar-refractivity contribution in [3.05, 3.63) is 64.1 Å². The van der Waals surface area contributed by atoms with Crippen LogP contribution in [0.4, 0.5) is 27.4 Å². The first-order valence-electron chi connectivity index (χ1n) is 13.3. The number of pyridine rings is 2. The Hall–Kier alpha value is -3.98. The normalized spacial score (nSPS) is 17.1. The van der Waals surface area contributed by atoms with E-state index in [9.17, 15) is 14.5 Å². The minimum atomic E-state index is -0.679. The second-order valence-corrected chi connectivity index (χ2v) is 9.85. The van der Waals surface area contributed by atoms with Gasteiger partial charge in [0.05, 0.1) is 28.8 Å². The van der Waals surface area contributed by atoms with E-state index < -0.39 is 10.7 Å². The average Bonchev–Trinajstić information content (AvgIpc) is 2.96. The number of nitrogens with zero attached hydrogens (tertiary/aromatic N) is 4. The first-order chi connectivity index (χ1) is 19.4. The summed E-state index contributed by atoms with van der Waals surface area (Å²) in [6, 6.07) is 8.90. The lowest BCUT2D eigenvalue weighted by atomic mass is 10.00. The van der Waals surface area contributed by atoms with Gasteiger partial charge in [-0.3, -0.25) is 10.1 Å². The number of halogens is 2. The molecule has 0 unspecified atom stereocenters. The van der Waals surface area contributed by atoms with Crippen molar-refractivity contribution in [2.75, 3.05) is 43.6 Å². The maximum absolute atomic E-state index is 14.9. The molecular weight excluding hydrogens is 551 g/mol. The van der Waals surface area contributed by atoms with Gasteiger partial charge in [-0.15, -0.1) is 12.4 Å². The first kappa shape index (κ1) is 30.0. The SMILES string of the molecule is COc1cccc(F)c1-c1nc(Nc2cc(N3CCC[C@H](N)C3)c(C#CC3CCOCC3)cn2)ccc1[N+](=O)[O-].Cl.